The second-order valence-corrected chi connectivity index (χ2v) is 7.84. The van der Waals surface area contributed by atoms with Crippen LogP contribution in [0.15, 0.2) is 33.7 Å². The van der Waals surface area contributed by atoms with Gasteiger partial charge in [-0.2, -0.15) is 0 Å². The van der Waals surface area contributed by atoms with E-state index in [-0.39, 0.29) is 11.4 Å². The SMILES string of the molecule is Cc1noc(C)c1S(=O)(=O)NCc1ccccc1CN1CCOCC1. The van der Waals surface area contributed by atoms with Crippen molar-refractivity contribution in [3.63, 3.8) is 0 Å². The highest BCUT2D eigenvalue weighted by Crippen LogP contribution is 2.20. The number of aryl methyl sites for hydroxylation is 2. The highest BCUT2D eigenvalue weighted by molar-refractivity contribution is 7.89. The molecule has 1 aliphatic rings. The molecule has 136 valence electrons. The van der Waals surface area contributed by atoms with Crippen LogP contribution in [-0.2, 0) is 27.8 Å². The number of aromatic nitrogens is 1. The molecule has 1 aromatic carbocycles. The molecular formula is C17H23N3O4S. The van der Waals surface area contributed by atoms with Crippen molar-refractivity contribution in [2.75, 3.05) is 26.3 Å². The Hall–Kier alpha value is -1.74. The maximum atomic E-state index is 12.6. The predicted molar refractivity (Wildman–Crippen MR) is 92.5 cm³/mol. The average Bonchev–Trinajstić information content (AvgIpc) is 2.94. The molecular weight excluding hydrogens is 342 g/mol. The summed E-state index contributed by atoms with van der Waals surface area (Å²) in [5.74, 6) is 0.298. The van der Waals surface area contributed by atoms with Crippen molar-refractivity contribution in [3.8, 4) is 0 Å². The number of morpholine rings is 1. The fraction of sp³-hybridized carbons (Fsp3) is 0.471. The van der Waals surface area contributed by atoms with Gasteiger partial charge in [0.15, 0.2) is 5.76 Å². The average molecular weight is 365 g/mol. The first-order valence-electron chi connectivity index (χ1n) is 8.27. The molecule has 0 unspecified atom stereocenters. The molecule has 8 heteroatoms. The summed E-state index contributed by atoms with van der Waals surface area (Å²) >= 11 is 0. The van der Waals surface area contributed by atoms with Crippen LogP contribution in [0.5, 0.6) is 0 Å². The minimum atomic E-state index is -3.67. The van der Waals surface area contributed by atoms with Crippen LogP contribution in [-0.4, -0.2) is 44.8 Å². The summed E-state index contributed by atoms with van der Waals surface area (Å²) < 4.78 is 38.2. The summed E-state index contributed by atoms with van der Waals surface area (Å²) in [5, 5.41) is 3.72. The lowest BCUT2D eigenvalue weighted by atomic mass is 10.1. The molecule has 0 spiro atoms. The first-order valence-corrected chi connectivity index (χ1v) is 9.75. The van der Waals surface area contributed by atoms with Crippen molar-refractivity contribution < 1.29 is 17.7 Å². The highest BCUT2D eigenvalue weighted by atomic mass is 32.2. The standard InChI is InChI=1S/C17H23N3O4S/c1-13-17(14(2)24-19-13)25(21,22)18-11-15-5-3-4-6-16(15)12-20-7-9-23-10-8-20/h3-6,18H,7-12H2,1-2H3. The fourth-order valence-corrected chi connectivity index (χ4v) is 4.32. The third kappa shape index (κ3) is 4.27. The highest BCUT2D eigenvalue weighted by Gasteiger charge is 2.24. The molecule has 25 heavy (non-hydrogen) atoms. The number of hydrogen-bond donors (Lipinski definition) is 1. The topological polar surface area (TPSA) is 84.7 Å². The van der Waals surface area contributed by atoms with E-state index in [0.29, 0.717) is 11.5 Å². The Kier molecular flexibility index (Phi) is 5.53. The lowest BCUT2D eigenvalue weighted by molar-refractivity contribution is 0.0341. The summed E-state index contributed by atoms with van der Waals surface area (Å²) in [7, 11) is -3.67. The molecule has 0 radical (unpaired) electrons. The van der Waals surface area contributed by atoms with Crippen LogP contribution in [0.1, 0.15) is 22.6 Å². The molecule has 2 heterocycles. The Balaban J connectivity index is 1.73. The van der Waals surface area contributed by atoms with Gasteiger partial charge in [0, 0.05) is 26.2 Å². The zero-order valence-electron chi connectivity index (χ0n) is 14.5. The molecule has 1 aromatic heterocycles. The Morgan fingerprint density at radius 1 is 1.16 bits per heavy atom. The lowest BCUT2D eigenvalue weighted by Gasteiger charge is -2.27. The van der Waals surface area contributed by atoms with Crippen LogP contribution in [0.3, 0.4) is 0 Å². The van der Waals surface area contributed by atoms with Gasteiger partial charge in [-0.3, -0.25) is 4.90 Å². The van der Waals surface area contributed by atoms with Gasteiger partial charge in [0.1, 0.15) is 10.6 Å². The van der Waals surface area contributed by atoms with Crippen molar-refractivity contribution in [3.05, 3.63) is 46.8 Å². The molecule has 0 bridgehead atoms. The Labute approximate surface area is 148 Å². The molecule has 2 aromatic rings. The van der Waals surface area contributed by atoms with Crippen molar-refractivity contribution in [2.24, 2.45) is 0 Å². The summed E-state index contributed by atoms with van der Waals surface area (Å²) in [4.78, 5) is 2.43. The number of sulfonamides is 1. The van der Waals surface area contributed by atoms with Gasteiger partial charge in [-0.1, -0.05) is 29.4 Å². The predicted octanol–water partition coefficient (Wildman–Crippen LogP) is 1.60. The van der Waals surface area contributed by atoms with Crippen molar-refractivity contribution in [1.82, 2.24) is 14.8 Å². The van der Waals surface area contributed by atoms with Crippen LogP contribution in [0, 0.1) is 13.8 Å². The zero-order chi connectivity index (χ0) is 17.9. The van der Waals surface area contributed by atoms with Gasteiger partial charge >= 0.3 is 0 Å². The van der Waals surface area contributed by atoms with E-state index in [2.05, 4.69) is 14.8 Å². The molecule has 0 amide bonds. The number of ether oxygens (including phenoxy) is 1. The number of nitrogens with zero attached hydrogens (tertiary/aromatic N) is 2. The van der Waals surface area contributed by atoms with E-state index in [1.165, 1.54) is 0 Å². The number of benzene rings is 1. The normalized spacial score (nSPS) is 16.2. The van der Waals surface area contributed by atoms with E-state index < -0.39 is 10.0 Å². The van der Waals surface area contributed by atoms with Crippen molar-refractivity contribution >= 4 is 10.0 Å². The van der Waals surface area contributed by atoms with Gasteiger partial charge in [0.2, 0.25) is 10.0 Å². The van der Waals surface area contributed by atoms with E-state index in [1.54, 1.807) is 13.8 Å². The Bertz CT molecular complexity index is 807. The molecule has 0 aliphatic carbocycles. The first-order chi connectivity index (χ1) is 12.0. The summed E-state index contributed by atoms with van der Waals surface area (Å²) in [6.07, 6.45) is 0. The van der Waals surface area contributed by atoms with Crippen LogP contribution >= 0.6 is 0 Å². The zero-order valence-corrected chi connectivity index (χ0v) is 15.3. The van der Waals surface area contributed by atoms with E-state index in [9.17, 15) is 8.42 Å². The smallest absolute Gasteiger partial charge is 0.246 e. The van der Waals surface area contributed by atoms with E-state index in [1.807, 2.05) is 24.3 Å². The van der Waals surface area contributed by atoms with Crippen molar-refractivity contribution in [1.29, 1.82) is 0 Å². The van der Waals surface area contributed by atoms with Gasteiger partial charge in [-0.15, -0.1) is 0 Å². The molecule has 7 nitrogen and oxygen atoms in total. The summed E-state index contributed by atoms with van der Waals surface area (Å²) in [6, 6.07) is 7.88. The molecule has 1 saturated heterocycles. The minimum absolute atomic E-state index is 0.123. The van der Waals surface area contributed by atoms with Crippen LogP contribution in [0.4, 0.5) is 0 Å². The van der Waals surface area contributed by atoms with Gasteiger partial charge in [-0.25, -0.2) is 13.1 Å². The second-order valence-electron chi connectivity index (χ2n) is 6.14. The summed E-state index contributed by atoms with van der Waals surface area (Å²) in [5.41, 5.74) is 2.45. The maximum absolute atomic E-state index is 12.6. The number of rotatable bonds is 6. The minimum Gasteiger partial charge on any atom is -0.379 e. The molecule has 1 fully saturated rings. The number of nitrogens with one attached hydrogen (secondary N) is 1. The molecule has 1 aliphatic heterocycles. The Morgan fingerprint density at radius 2 is 1.84 bits per heavy atom. The first kappa shape index (κ1) is 18.1. The summed E-state index contributed by atoms with van der Waals surface area (Å²) in [6.45, 7) is 7.48. The fourth-order valence-electron chi connectivity index (χ4n) is 2.99. The van der Waals surface area contributed by atoms with Gasteiger partial charge in [-0.05, 0) is 25.0 Å². The van der Waals surface area contributed by atoms with E-state index >= 15 is 0 Å². The maximum Gasteiger partial charge on any atom is 0.246 e. The van der Waals surface area contributed by atoms with Crippen LogP contribution in [0.2, 0.25) is 0 Å². The quantitative estimate of drug-likeness (QED) is 0.837. The third-order valence-corrected chi connectivity index (χ3v) is 5.95. The second kappa shape index (κ2) is 7.65. The van der Waals surface area contributed by atoms with E-state index in [4.69, 9.17) is 9.26 Å². The molecule has 0 saturated carbocycles. The van der Waals surface area contributed by atoms with Gasteiger partial charge < -0.3 is 9.26 Å². The Morgan fingerprint density at radius 3 is 2.48 bits per heavy atom. The van der Waals surface area contributed by atoms with Crippen LogP contribution < -0.4 is 4.72 Å². The molecule has 0 atom stereocenters. The van der Waals surface area contributed by atoms with E-state index in [0.717, 1.165) is 44.0 Å². The van der Waals surface area contributed by atoms with Crippen LogP contribution in [0.25, 0.3) is 0 Å². The molecule has 3 rings (SSSR count). The van der Waals surface area contributed by atoms with Crippen molar-refractivity contribution in [2.45, 2.75) is 31.8 Å². The largest absolute Gasteiger partial charge is 0.379 e. The van der Waals surface area contributed by atoms with Gasteiger partial charge in [0.05, 0.1) is 13.2 Å². The van der Waals surface area contributed by atoms with Gasteiger partial charge in [0.25, 0.3) is 0 Å². The number of hydrogen-bond acceptors (Lipinski definition) is 6. The third-order valence-electron chi connectivity index (χ3n) is 4.31. The monoisotopic (exact) mass is 365 g/mol. The molecule has 1 N–H and O–H groups in total. The lowest BCUT2D eigenvalue weighted by Crippen LogP contribution is -2.36.